The fourth-order valence-corrected chi connectivity index (χ4v) is 2.24. The van der Waals surface area contributed by atoms with Gasteiger partial charge in [-0.25, -0.2) is 4.79 Å². The van der Waals surface area contributed by atoms with E-state index in [0.717, 1.165) is 22.1 Å². The summed E-state index contributed by atoms with van der Waals surface area (Å²) < 4.78 is 7.62. The zero-order valence-corrected chi connectivity index (χ0v) is 11.3. The molecule has 90 valence electrons. The Kier molecular flexibility index (Phi) is 3.47. The van der Waals surface area contributed by atoms with Gasteiger partial charge in [0, 0.05) is 11.9 Å². The number of carbonyl (C=O) groups is 1. The number of aryl methyl sites for hydroxylation is 1. The van der Waals surface area contributed by atoms with Crippen molar-refractivity contribution in [3.63, 3.8) is 0 Å². The number of halogens is 1. The van der Waals surface area contributed by atoms with Crippen LogP contribution >= 0.6 is 15.9 Å². The summed E-state index contributed by atoms with van der Waals surface area (Å²) in [6.07, 6.45) is 0. The zero-order chi connectivity index (χ0) is 12.4. The van der Waals surface area contributed by atoms with Crippen molar-refractivity contribution in [3.8, 4) is 0 Å². The lowest BCUT2D eigenvalue weighted by molar-refractivity contribution is 0.0526. The first-order valence-electron chi connectivity index (χ1n) is 5.50. The quantitative estimate of drug-likeness (QED) is 0.818. The molecule has 1 aromatic heterocycles. The summed E-state index contributed by atoms with van der Waals surface area (Å²) in [6, 6.07) is 5.45. The largest absolute Gasteiger partial charge is 0.462 e. The maximum absolute atomic E-state index is 11.6. The summed E-state index contributed by atoms with van der Waals surface area (Å²) in [4.78, 5) is 11.6. The molecule has 0 aliphatic heterocycles. The summed E-state index contributed by atoms with van der Waals surface area (Å²) in [5, 5.41) is 5.34. The number of benzene rings is 1. The Hall–Kier alpha value is -1.36. The molecule has 1 aromatic carbocycles. The van der Waals surface area contributed by atoms with Crippen LogP contribution in [0.15, 0.2) is 22.8 Å². The minimum atomic E-state index is -0.297. The molecule has 0 unspecified atom stereocenters. The Morgan fingerprint density at radius 3 is 2.88 bits per heavy atom. The average molecular weight is 297 g/mol. The third kappa shape index (κ3) is 2.20. The van der Waals surface area contributed by atoms with E-state index in [4.69, 9.17) is 4.74 Å². The van der Waals surface area contributed by atoms with Crippen molar-refractivity contribution in [1.82, 2.24) is 9.78 Å². The van der Waals surface area contributed by atoms with Crippen molar-refractivity contribution in [1.29, 1.82) is 0 Å². The van der Waals surface area contributed by atoms with Gasteiger partial charge in [0.1, 0.15) is 4.60 Å². The van der Waals surface area contributed by atoms with Gasteiger partial charge in [-0.3, -0.25) is 4.68 Å². The van der Waals surface area contributed by atoms with Gasteiger partial charge in [-0.1, -0.05) is 0 Å². The Labute approximate surface area is 108 Å². The molecule has 0 bridgehead atoms. The molecule has 5 heteroatoms. The van der Waals surface area contributed by atoms with E-state index in [-0.39, 0.29) is 5.97 Å². The number of carbonyl (C=O) groups excluding carboxylic acids is 1. The van der Waals surface area contributed by atoms with Gasteiger partial charge in [0.15, 0.2) is 0 Å². The first-order chi connectivity index (χ1) is 8.17. The molecule has 0 fully saturated rings. The minimum Gasteiger partial charge on any atom is -0.462 e. The van der Waals surface area contributed by atoms with E-state index in [1.165, 1.54) is 0 Å². The van der Waals surface area contributed by atoms with Crippen molar-refractivity contribution >= 4 is 32.8 Å². The van der Waals surface area contributed by atoms with E-state index in [9.17, 15) is 4.79 Å². The topological polar surface area (TPSA) is 44.1 Å². The van der Waals surface area contributed by atoms with Crippen molar-refractivity contribution in [2.24, 2.45) is 0 Å². The first-order valence-corrected chi connectivity index (χ1v) is 6.29. The van der Waals surface area contributed by atoms with Gasteiger partial charge in [-0.2, -0.15) is 5.10 Å². The molecule has 2 aromatic rings. The number of nitrogens with zero attached hydrogens (tertiary/aromatic N) is 2. The second-order valence-corrected chi connectivity index (χ2v) is 4.31. The fraction of sp³-hybridized carbons (Fsp3) is 0.333. The Morgan fingerprint density at radius 1 is 1.47 bits per heavy atom. The number of rotatable bonds is 3. The van der Waals surface area contributed by atoms with Gasteiger partial charge in [0.2, 0.25) is 0 Å². The van der Waals surface area contributed by atoms with E-state index in [0.29, 0.717) is 12.2 Å². The number of esters is 1. The molecule has 4 nitrogen and oxygen atoms in total. The van der Waals surface area contributed by atoms with Gasteiger partial charge >= 0.3 is 5.97 Å². The van der Waals surface area contributed by atoms with Gasteiger partial charge in [0.05, 0.1) is 17.7 Å². The predicted molar refractivity (Wildman–Crippen MR) is 69.1 cm³/mol. The van der Waals surface area contributed by atoms with Gasteiger partial charge in [-0.05, 0) is 48.0 Å². The highest BCUT2D eigenvalue weighted by Crippen LogP contribution is 2.24. The zero-order valence-electron chi connectivity index (χ0n) is 9.74. The lowest BCUT2D eigenvalue weighted by Crippen LogP contribution is -2.05. The summed E-state index contributed by atoms with van der Waals surface area (Å²) in [6.45, 7) is 4.95. The molecule has 0 aliphatic rings. The van der Waals surface area contributed by atoms with E-state index in [1.807, 2.05) is 23.7 Å². The lowest BCUT2D eigenvalue weighted by Gasteiger charge is -2.03. The predicted octanol–water partition coefficient (Wildman–Crippen LogP) is 3.00. The molecule has 0 saturated carbocycles. The molecule has 2 rings (SSSR count). The number of aromatic nitrogens is 2. The summed E-state index contributed by atoms with van der Waals surface area (Å²) >= 11 is 3.40. The molecular formula is C12H13BrN2O2. The third-order valence-corrected chi connectivity index (χ3v) is 3.10. The molecule has 0 N–H and O–H groups in total. The summed E-state index contributed by atoms with van der Waals surface area (Å²) in [5.41, 5.74) is 1.49. The smallest absolute Gasteiger partial charge is 0.338 e. The van der Waals surface area contributed by atoms with Crippen molar-refractivity contribution in [2.45, 2.75) is 20.4 Å². The first kappa shape index (κ1) is 12.1. The van der Waals surface area contributed by atoms with Crippen molar-refractivity contribution in [2.75, 3.05) is 6.61 Å². The summed E-state index contributed by atoms with van der Waals surface area (Å²) in [7, 11) is 0. The molecular weight excluding hydrogens is 284 g/mol. The van der Waals surface area contributed by atoms with Crippen LogP contribution in [-0.4, -0.2) is 22.4 Å². The van der Waals surface area contributed by atoms with Crippen molar-refractivity contribution in [3.05, 3.63) is 28.4 Å². The molecule has 1 heterocycles. The molecule has 17 heavy (non-hydrogen) atoms. The van der Waals surface area contributed by atoms with Gasteiger partial charge in [0.25, 0.3) is 0 Å². The van der Waals surface area contributed by atoms with Gasteiger partial charge in [-0.15, -0.1) is 0 Å². The van der Waals surface area contributed by atoms with E-state index >= 15 is 0 Å². The standard InChI is InChI=1S/C12H13BrN2O2/c1-3-15-10-7-8(12(16)17-4-2)5-6-9(10)11(13)14-15/h5-7H,3-4H2,1-2H3. The monoisotopic (exact) mass is 296 g/mol. The number of hydrogen-bond acceptors (Lipinski definition) is 3. The second-order valence-electron chi connectivity index (χ2n) is 3.56. The Bertz CT molecular complexity index is 563. The van der Waals surface area contributed by atoms with E-state index < -0.39 is 0 Å². The van der Waals surface area contributed by atoms with Crippen molar-refractivity contribution < 1.29 is 9.53 Å². The highest BCUT2D eigenvalue weighted by molar-refractivity contribution is 9.10. The fourth-order valence-electron chi connectivity index (χ4n) is 1.72. The van der Waals surface area contributed by atoms with Crippen LogP contribution < -0.4 is 0 Å². The average Bonchev–Trinajstić information content (AvgIpc) is 2.66. The van der Waals surface area contributed by atoms with Crippen LogP contribution in [-0.2, 0) is 11.3 Å². The normalized spacial score (nSPS) is 10.8. The molecule has 0 radical (unpaired) electrons. The molecule has 0 spiro atoms. The SMILES string of the molecule is CCOC(=O)c1ccc2c(Br)nn(CC)c2c1. The van der Waals surface area contributed by atoms with Crippen LogP contribution in [0, 0.1) is 0 Å². The van der Waals surface area contributed by atoms with Crippen LogP contribution in [0.5, 0.6) is 0 Å². The van der Waals surface area contributed by atoms with Crippen LogP contribution in [0.25, 0.3) is 10.9 Å². The number of hydrogen-bond donors (Lipinski definition) is 0. The highest BCUT2D eigenvalue weighted by Gasteiger charge is 2.12. The summed E-state index contributed by atoms with van der Waals surface area (Å²) in [5.74, 6) is -0.297. The number of fused-ring (bicyclic) bond motifs is 1. The Balaban J connectivity index is 2.52. The molecule has 0 saturated heterocycles. The number of ether oxygens (including phenoxy) is 1. The van der Waals surface area contributed by atoms with Crippen LogP contribution in [0.4, 0.5) is 0 Å². The highest BCUT2D eigenvalue weighted by atomic mass is 79.9. The van der Waals surface area contributed by atoms with E-state index in [1.54, 1.807) is 13.0 Å². The Morgan fingerprint density at radius 2 is 2.24 bits per heavy atom. The lowest BCUT2D eigenvalue weighted by atomic mass is 10.1. The van der Waals surface area contributed by atoms with Crippen LogP contribution in [0.1, 0.15) is 24.2 Å². The molecule has 0 amide bonds. The maximum Gasteiger partial charge on any atom is 0.338 e. The maximum atomic E-state index is 11.6. The third-order valence-electron chi connectivity index (χ3n) is 2.52. The van der Waals surface area contributed by atoms with E-state index in [2.05, 4.69) is 21.0 Å². The molecule has 0 aliphatic carbocycles. The minimum absolute atomic E-state index is 0.297. The second kappa shape index (κ2) is 4.87. The van der Waals surface area contributed by atoms with Gasteiger partial charge < -0.3 is 4.74 Å². The van der Waals surface area contributed by atoms with Crippen LogP contribution in [0.2, 0.25) is 0 Å². The molecule has 0 atom stereocenters. The van der Waals surface area contributed by atoms with Crippen LogP contribution in [0.3, 0.4) is 0 Å².